The summed E-state index contributed by atoms with van der Waals surface area (Å²) in [5, 5.41) is 2.61. The minimum Gasteiger partial charge on any atom is -0.486 e. The smallest absolute Gasteiger partial charge is 0.316 e. The van der Waals surface area contributed by atoms with E-state index >= 15 is 0 Å². The lowest BCUT2D eigenvalue weighted by Gasteiger charge is -2.21. The minimum atomic E-state index is -0.697. The molecule has 0 spiro atoms. The molecule has 2 aromatic rings. The van der Waals surface area contributed by atoms with Crippen LogP contribution >= 0.6 is 0 Å². The van der Waals surface area contributed by atoms with Crippen molar-refractivity contribution in [3.05, 3.63) is 48.5 Å². The fourth-order valence-electron chi connectivity index (χ4n) is 2.48. The van der Waals surface area contributed by atoms with Crippen molar-refractivity contribution in [3.8, 4) is 11.5 Å². The predicted molar refractivity (Wildman–Crippen MR) is 90.5 cm³/mol. The van der Waals surface area contributed by atoms with Crippen LogP contribution in [0.15, 0.2) is 48.5 Å². The Bertz CT molecular complexity index is 746. The van der Waals surface area contributed by atoms with E-state index in [4.69, 9.17) is 9.47 Å². The Balaban J connectivity index is 1.73. The molecule has 3 rings (SSSR count). The van der Waals surface area contributed by atoms with E-state index in [1.54, 1.807) is 30.3 Å². The van der Waals surface area contributed by atoms with Crippen molar-refractivity contribution in [1.82, 2.24) is 0 Å². The van der Waals surface area contributed by atoms with Crippen LogP contribution in [-0.4, -0.2) is 31.6 Å². The zero-order chi connectivity index (χ0) is 16.9. The summed E-state index contributed by atoms with van der Waals surface area (Å²) in [5.74, 6) is -0.122. The first-order valence-corrected chi connectivity index (χ1v) is 7.76. The lowest BCUT2D eigenvalue weighted by atomic mass is 10.2. The SMILES string of the molecule is CCN(C(=O)C(=O)Nc1ccc2c(c1)OCCO2)c1ccccc1. The van der Waals surface area contributed by atoms with E-state index in [0.29, 0.717) is 42.6 Å². The quantitative estimate of drug-likeness (QED) is 0.880. The van der Waals surface area contributed by atoms with E-state index in [9.17, 15) is 9.59 Å². The molecule has 0 aromatic heterocycles. The molecule has 24 heavy (non-hydrogen) atoms. The molecular formula is C18H18N2O4. The molecule has 6 nitrogen and oxygen atoms in total. The van der Waals surface area contributed by atoms with E-state index in [1.165, 1.54) is 4.90 Å². The largest absolute Gasteiger partial charge is 0.486 e. The van der Waals surface area contributed by atoms with Crippen molar-refractivity contribution < 1.29 is 19.1 Å². The van der Waals surface area contributed by atoms with Gasteiger partial charge in [0.15, 0.2) is 11.5 Å². The monoisotopic (exact) mass is 326 g/mol. The minimum absolute atomic E-state index is 0.400. The Kier molecular flexibility index (Phi) is 4.65. The van der Waals surface area contributed by atoms with Crippen LogP contribution in [0.4, 0.5) is 11.4 Å². The maximum absolute atomic E-state index is 12.4. The molecule has 0 fully saturated rings. The zero-order valence-electron chi connectivity index (χ0n) is 13.3. The highest BCUT2D eigenvalue weighted by Gasteiger charge is 2.22. The number of hydrogen-bond donors (Lipinski definition) is 1. The highest BCUT2D eigenvalue weighted by atomic mass is 16.6. The summed E-state index contributed by atoms with van der Waals surface area (Å²) in [4.78, 5) is 26.1. The van der Waals surface area contributed by atoms with Crippen molar-refractivity contribution in [2.75, 3.05) is 30.0 Å². The Morgan fingerprint density at radius 2 is 1.75 bits per heavy atom. The predicted octanol–water partition coefficient (Wildman–Crippen LogP) is 2.45. The maximum atomic E-state index is 12.4. The molecule has 0 aliphatic carbocycles. The van der Waals surface area contributed by atoms with Gasteiger partial charge in [0.25, 0.3) is 0 Å². The van der Waals surface area contributed by atoms with Gasteiger partial charge in [0, 0.05) is 24.0 Å². The zero-order valence-corrected chi connectivity index (χ0v) is 13.3. The van der Waals surface area contributed by atoms with Gasteiger partial charge in [-0.3, -0.25) is 9.59 Å². The van der Waals surface area contributed by atoms with Gasteiger partial charge in [-0.25, -0.2) is 0 Å². The Labute approximate surface area is 140 Å². The number of para-hydroxylation sites is 1. The first kappa shape index (κ1) is 15.9. The molecule has 0 bridgehead atoms. The lowest BCUT2D eigenvalue weighted by molar-refractivity contribution is -0.134. The van der Waals surface area contributed by atoms with Gasteiger partial charge in [-0.1, -0.05) is 18.2 Å². The van der Waals surface area contributed by atoms with Crippen molar-refractivity contribution in [2.24, 2.45) is 0 Å². The Hall–Kier alpha value is -3.02. The second-order valence-corrected chi connectivity index (χ2v) is 5.20. The van der Waals surface area contributed by atoms with Gasteiger partial charge in [-0.2, -0.15) is 0 Å². The van der Waals surface area contributed by atoms with Gasteiger partial charge in [-0.15, -0.1) is 0 Å². The average Bonchev–Trinajstić information content (AvgIpc) is 2.63. The summed E-state index contributed by atoms with van der Waals surface area (Å²) >= 11 is 0. The van der Waals surface area contributed by atoms with Crippen LogP contribution in [0.25, 0.3) is 0 Å². The van der Waals surface area contributed by atoms with Crippen molar-refractivity contribution in [2.45, 2.75) is 6.92 Å². The third-order valence-electron chi connectivity index (χ3n) is 3.62. The van der Waals surface area contributed by atoms with E-state index in [-0.39, 0.29) is 0 Å². The molecule has 1 heterocycles. The fourth-order valence-corrected chi connectivity index (χ4v) is 2.48. The normalized spacial score (nSPS) is 12.4. The second-order valence-electron chi connectivity index (χ2n) is 5.20. The van der Waals surface area contributed by atoms with Gasteiger partial charge >= 0.3 is 11.8 Å². The highest BCUT2D eigenvalue weighted by molar-refractivity contribution is 6.44. The third kappa shape index (κ3) is 3.32. The van der Waals surface area contributed by atoms with Gasteiger partial charge in [0.05, 0.1) is 0 Å². The number of anilines is 2. The third-order valence-corrected chi connectivity index (χ3v) is 3.62. The first-order valence-electron chi connectivity index (χ1n) is 7.76. The van der Waals surface area contributed by atoms with Gasteiger partial charge in [0.2, 0.25) is 0 Å². The number of rotatable bonds is 3. The molecule has 2 amide bonds. The molecule has 124 valence electrons. The van der Waals surface area contributed by atoms with Crippen LogP contribution < -0.4 is 19.7 Å². The molecule has 1 N–H and O–H groups in total. The summed E-state index contributed by atoms with van der Waals surface area (Å²) in [6, 6.07) is 14.1. The van der Waals surface area contributed by atoms with Crippen LogP contribution in [0, 0.1) is 0 Å². The topological polar surface area (TPSA) is 67.9 Å². The standard InChI is InChI=1S/C18H18N2O4/c1-2-20(14-6-4-3-5-7-14)18(22)17(21)19-13-8-9-15-16(12-13)24-11-10-23-15/h3-9,12H,2,10-11H2,1H3,(H,19,21). The molecule has 0 saturated carbocycles. The number of carbonyl (C=O) groups is 2. The van der Waals surface area contributed by atoms with Gasteiger partial charge < -0.3 is 19.7 Å². The highest BCUT2D eigenvalue weighted by Crippen LogP contribution is 2.32. The molecule has 1 aliphatic rings. The van der Waals surface area contributed by atoms with E-state index in [0.717, 1.165) is 0 Å². The summed E-state index contributed by atoms with van der Waals surface area (Å²) in [5.41, 5.74) is 1.17. The molecule has 0 atom stereocenters. The van der Waals surface area contributed by atoms with Crippen molar-refractivity contribution in [1.29, 1.82) is 0 Å². The number of likely N-dealkylation sites (N-methyl/N-ethyl adjacent to an activating group) is 1. The van der Waals surface area contributed by atoms with Gasteiger partial charge in [-0.05, 0) is 31.2 Å². The molecule has 2 aromatic carbocycles. The molecule has 0 unspecified atom stereocenters. The van der Waals surface area contributed by atoms with E-state index < -0.39 is 11.8 Å². The molecule has 0 radical (unpaired) electrons. The van der Waals surface area contributed by atoms with Crippen LogP contribution in [-0.2, 0) is 9.59 Å². The van der Waals surface area contributed by atoms with Crippen LogP contribution in [0.5, 0.6) is 11.5 Å². The summed E-state index contributed by atoms with van der Waals surface area (Å²) in [6.07, 6.45) is 0. The van der Waals surface area contributed by atoms with E-state index in [1.807, 2.05) is 25.1 Å². The van der Waals surface area contributed by atoms with Gasteiger partial charge in [0.1, 0.15) is 13.2 Å². The Morgan fingerprint density at radius 3 is 2.46 bits per heavy atom. The van der Waals surface area contributed by atoms with Crippen molar-refractivity contribution in [3.63, 3.8) is 0 Å². The van der Waals surface area contributed by atoms with Crippen molar-refractivity contribution >= 4 is 23.2 Å². The number of carbonyl (C=O) groups excluding carboxylic acids is 2. The molecule has 1 aliphatic heterocycles. The number of nitrogens with one attached hydrogen (secondary N) is 1. The molecule has 0 saturated heterocycles. The Morgan fingerprint density at radius 1 is 1.04 bits per heavy atom. The maximum Gasteiger partial charge on any atom is 0.316 e. The number of nitrogens with zero attached hydrogens (tertiary/aromatic N) is 1. The second kappa shape index (κ2) is 7.04. The number of hydrogen-bond acceptors (Lipinski definition) is 4. The first-order chi connectivity index (χ1) is 11.7. The lowest BCUT2D eigenvalue weighted by Crippen LogP contribution is -2.39. The summed E-state index contributed by atoms with van der Waals surface area (Å²) < 4.78 is 10.9. The summed E-state index contributed by atoms with van der Waals surface area (Å²) in [6.45, 7) is 3.18. The molecule has 6 heteroatoms. The number of fused-ring (bicyclic) bond motifs is 1. The average molecular weight is 326 g/mol. The summed E-state index contributed by atoms with van der Waals surface area (Å²) in [7, 11) is 0. The van der Waals surface area contributed by atoms with Crippen LogP contribution in [0.3, 0.4) is 0 Å². The molecular weight excluding hydrogens is 308 g/mol. The fraction of sp³-hybridized carbons (Fsp3) is 0.222. The van der Waals surface area contributed by atoms with E-state index in [2.05, 4.69) is 5.32 Å². The van der Waals surface area contributed by atoms with Crippen LogP contribution in [0.1, 0.15) is 6.92 Å². The number of benzene rings is 2. The number of ether oxygens (including phenoxy) is 2. The van der Waals surface area contributed by atoms with Crippen LogP contribution in [0.2, 0.25) is 0 Å². The number of amides is 2.